The van der Waals surface area contributed by atoms with E-state index in [1.54, 1.807) is 0 Å². The highest BCUT2D eigenvalue weighted by Gasteiger charge is 2.17. The molecule has 0 radical (unpaired) electrons. The van der Waals surface area contributed by atoms with Crippen LogP contribution in [-0.4, -0.2) is 32.5 Å². The van der Waals surface area contributed by atoms with Crippen LogP contribution in [0.2, 0.25) is 0 Å². The molecule has 19 heavy (non-hydrogen) atoms. The first-order chi connectivity index (χ1) is 8.76. The van der Waals surface area contributed by atoms with E-state index in [0.29, 0.717) is 0 Å². The molecule has 0 amide bonds. The standard InChI is InChI=1S/C12H16FNO4S/c1-3-19(16,17)5-4-18-12(15)10-7-9(14)6-8(2)11(10)13/h6-7H,3-5,14H2,1-2H3. The summed E-state index contributed by atoms with van der Waals surface area (Å²) in [6.45, 7) is 2.67. The van der Waals surface area contributed by atoms with E-state index in [9.17, 15) is 17.6 Å². The van der Waals surface area contributed by atoms with E-state index in [-0.39, 0.29) is 34.9 Å². The summed E-state index contributed by atoms with van der Waals surface area (Å²) in [4.78, 5) is 11.6. The average molecular weight is 289 g/mol. The molecule has 0 aromatic heterocycles. The van der Waals surface area contributed by atoms with Crippen molar-refractivity contribution in [2.45, 2.75) is 13.8 Å². The minimum absolute atomic E-state index is 0.0314. The number of hydrogen-bond acceptors (Lipinski definition) is 5. The van der Waals surface area contributed by atoms with E-state index in [1.165, 1.54) is 26.0 Å². The Morgan fingerprint density at radius 3 is 2.63 bits per heavy atom. The van der Waals surface area contributed by atoms with Gasteiger partial charge in [0.25, 0.3) is 0 Å². The van der Waals surface area contributed by atoms with Crippen molar-refractivity contribution >= 4 is 21.5 Å². The van der Waals surface area contributed by atoms with Gasteiger partial charge < -0.3 is 10.5 Å². The number of sulfone groups is 1. The molecule has 0 aliphatic rings. The minimum atomic E-state index is -3.22. The fourth-order valence-electron chi connectivity index (χ4n) is 1.43. The molecule has 5 nitrogen and oxygen atoms in total. The zero-order valence-corrected chi connectivity index (χ0v) is 11.6. The zero-order valence-electron chi connectivity index (χ0n) is 10.8. The SMILES string of the molecule is CCS(=O)(=O)CCOC(=O)c1cc(N)cc(C)c1F. The van der Waals surface area contributed by atoms with Crippen LogP contribution in [0.5, 0.6) is 0 Å². The van der Waals surface area contributed by atoms with Crippen LogP contribution in [0.25, 0.3) is 0 Å². The molecule has 0 spiro atoms. The molecule has 106 valence electrons. The van der Waals surface area contributed by atoms with Crippen LogP contribution in [-0.2, 0) is 14.6 Å². The van der Waals surface area contributed by atoms with Crippen molar-refractivity contribution in [2.75, 3.05) is 23.8 Å². The topological polar surface area (TPSA) is 86.5 Å². The first-order valence-electron chi connectivity index (χ1n) is 5.70. The summed E-state index contributed by atoms with van der Waals surface area (Å²) in [6, 6.07) is 2.56. The Morgan fingerprint density at radius 2 is 2.05 bits per heavy atom. The van der Waals surface area contributed by atoms with Gasteiger partial charge in [-0.1, -0.05) is 6.92 Å². The minimum Gasteiger partial charge on any atom is -0.461 e. The van der Waals surface area contributed by atoms with Gasteiger partial charge in [0.15, 0.2) is 9.84 Å². The fraction of sp³-hybridized carbons (Fsp3) is 0.417. The molecule has 0 heterocycles. The lowest BCUT2D eigenvalue weighted by Gasteiger charge is -2.08. The first-order valence-corrected chi connectivity index (χ1v) is 7.52. The van der Waals surface area contributed by atoms with Crippen LogP contribution < -0.4 is 5.73 Å². The van der Waals surface area contributed by atoms with Crippen LogP contribution in [0.3, 0.4) is 0 Å². The lowest BCUT2D eigenvalue weighted by atomic mass is 10.1. The number of carbonyl (C=O) groups excluding carboxylic acids is 1. The molecule has 0 bridgehead atoms. The number of nitrogens with two attached hydrogens (primary N) is 1. The van der Waals surface area contributed by atoms with Gasteiger partial charge in [0.2, 0.25) is 0 Å². The van der Waals surface area contributed by atoms with Gasteiger partial charge in [0, 0.05) is 11.4 Å². The van der Waals surface area contributed by atoms with E-state index in [2.05, 4.69) is 0 Å². The Bertz CT molecular complexity index is 584. The lowest BCUT2D eigenvalue weighted by molar-refractivity contribution is 0.0524. The van der Waals surface area contributed by atoms with Crippen molar-refractivity contribution < 1.29 is 22.3 Å². The molecule has 1 rings (SSSR count). The number of aryl methyl sites for hydroxylation is 1. The number of hydrogen-bond donors (Lipinski definition) is 1. The Labute approximate surface area is 111 Å². The van der Waals surface area contributed by atoms with E-state index < -0.39 is 21.6 Å². The predicted octanol–water partition coefficient (Wildman–Crippen LogP) is 1.31. The van der Waals surface area contributed by atoms with Gasteiger partial charge in [0.05, 0.1) is 11.3 Å². The van der Waals surface area contributed by atoms with E-state index in [0.717, 1.165) is 0 Å². The van der Waals surface area contributed by atoms with Crippen LogP contribution in [0, 0.1) is 12.7 Å². The number of ether oxygens (including phenoxy) is 1. The maximum Gasteiger partial charge on any atom is 0.341 e. The molecule has 1 aromatic carbocycles. The summed E-state index contributed by atoms with van der Waals surface area (Å²) in [5, 5.41) is 0. The average Bonchev–Trinajstić information content (AvgIpc) is 2.33. The Morgan fingerprint density at radius 1 is 1.42 bits per heavy atom. The molecular formula is C12H16FNO4S. The smallest absolute Gasteiger partial charge is 0.341 e. The molecule has 7 heteroatoms. The van der Waals surface area contributed by atoms with Crippen LogP contribution in [0.4, 0.5) is 10.1 Å². The van der Waals surface area contributed by atoms with Gasteiger partial charge >= 0.3 is 5.97 Å². The maximum absolute atomic E-state index is 13.7. The van der Waals surface area contributed by atoms with Gasteiger partial charge in [-0.2, -0.15) is 0 Å². The molecule has 0 aliphatic heterocycles. The first kappa shape index (κ1) is 15.4. The van der Waals surface area contributed by atoms with E-state index >= 15 is 0 Å². The highest BCUT2D eigenvalue weighted by atomic mass is 32.2. The summed E-state index contributed by atoms with van der Waals surface area (Å²) >= 11 is 0. The third kappa shape index (κ3) is 4.20. The van der Waals surface area contributed by atoms with Crippen LogP contribution in [0.15, 0.2) is 12.1 Å². The van der Waals surface area contributed by atoms with Crippen molar-refractivity contribution in [2.24, 2.45) is 0 Å². The molecule has 0 unspecified atom stereocenters. The van der Waals surface area contributed by atoms with Crippen molar-refractivity contribution in [1.82, 2.24) is 0 Å². The predicted molar refractivity (Wildman–Crippen MR) is 70.2 cm³/mol. The lowest BCUT2D eigenvalue weighted by Crippen LogP contribution is -2.17. The molecule has 0 saturated carbocycles. The second-order valence-corrected chi connectivity index (χ2v) is 6.54. The number of anilines is 1. The second-order valence-electron chi connectivity index (χ2n) is 4.07. The Balaban J connectivity index is 2.75. The van der Waals surface area contributed by atoms with Gasteiger partial charge in [-0.15, -0.1) is 0 Å². The van der Waals surface area contributed by atoms with Crippen molar-refractivity contribution in [1.29, 1.82) is 0 Å². The number of nitrogen functional groups attached to an aromatic ring is 1. The number of halogens is 1. The third-order valence-corrected chi connectivity index (χ3v) is 4.23. The zero-order chi connectivity index (χ0) is 14.6. The summed E-state index contributed by atoms with van der Waals surface area (Å²) in [5.41, 5.74) is 5.70. The molecule has 0 fully saturated rings. The Hall–Kier alpha value is -1.63. The molecule has 0 atom stereocenters. The van der Waals surface area contributed by atoms with Gasteiger partial charge in [-0.3, -0.25) is 0 Å². The maximum atomic E-state index is 13.7. The van der Waals surface area contributed by atoms with Gasteiger partial charge in [-0.25, -0.2) is 17.6 Å². The molecule has 0 aliphatic carbocycles. The fourth-order valence-corrected chi connectivity index (χ4v) is 2.06. The molecule has 0 saturated heterocycles. The summed E-state index contributed by atoms with van der Waals surface area (Å²) in [5.74, 6) is -1.94. The van der Waals surface area contributed by atoms with Crippen molar-refractivity contribution in [3.8, 4) is 0 Å². The number of carbonyl (C=O) groups is 1. The highest BCUT2D eigenvalue weighted by Crippen LogP contribution is 2.17. The quantitative estimate of drug-likeness (QED) is 0.652. The molecule has 1 aromatic rings. The van der Waals surface area contributed by atoms with E-state index in [1.807, 2.05) is 0 Å². The van der Waals surface area contributed by atoms with Crippen molar-refractivity contribution in [3.63, 3.8) is 0 Å². The van der Waals surface area contributed by atoms with E-state index in [4.69, 9.17) is 10.5 Å². The molecular weight excluding hydrogens is 273 g/mol. The Kier molecular flexibility index (Phi) is 4.88. The summed E-state index contributed by atoms with van der Waals surface area (Å²) in [7, 11) is -3.22. The number of benzene rings is 1. The van der Waals surface area contributed by atoms with Crippen molar-refractivity contribution in [3.05, 3.63) is 29.1 Å². The highest BCUT2D eigenvalue weighted by molar-refractivity contribution is 7.91. The van der Waals surface area contributed by atoms with Crippen LogP contribution in [0.1, 0.15) is 22.8 Å². The summed E-state index contributed by atoms with van der Waals surface area (Å²) in [6.07, 6.45) is 0. The van der Waals surface area contributed by atoms with Gasteiger partial charge in [0.1, 0.15) is 12.4 Å². The largest absolute Gasteiger partial charge is 0.461 e. The van der Waals surface area contributed by atoms with Crippen LogP contribution >= 0.6 is 0 Å². The molecule has 2 N–H and O–H groups in total. The third-order valence-electron chi connectivity index (χ3n) is 2.56. The second kappa shape index (κ2) is 6.01. The normalized spacial score (nSPS) is 11.3. The number of rotatable bonds is 5. The summed E-state index contributed by atoms with van der Waals surface area (Å²) < 4.78 is 40.8. The van der Waals surface area contributed by atoms with Gasteiger partial charge in [-0.05, 0) is 24.6 Å². The monoisotopic (exact) mass is 289 g/mol. The number of esters is 1.